The molecule has 0 aromatic rings. The van der Waals surface area contributed by atoms with E-state index < -0.39 is 0 Å². The van der Waals surface area contributed by atoms with Gasteiger partial charge >= 0.3 is 0 Å². The molecule has 0 heterocycles. The highest BCUT2D eigenvalue weighted by atomic mass is 16.1. The lowest BCUT2D eigenvalue weighted by atomic mass is 10.1. The fourth-order valence-electron chi connectivity index (χ4n) is 1.76. The molecule has 0 aliphatic heterocycles. The normalized spacial score (nSPS) is 11.2. The summed E-state index contributed by atoms with van der Waals surface area (Å²) in [6.07, 6.45) is 11.1. The van der Waals surface area contributed by atoms with Gasteiger partial charge in [-0.15, -0.1) is 6.58 Å². The molecule has 0 aliphatic rings. The van der Waals surface area contributed by atoms with Crippen LogP contribution in [0.15, 0.2) is 12.7 Å². The van der Waals surface area contributed by atoms with Gasteiger partial charge < -0.3 is 5.32 Å². The van der Waals surface area contributed by atoms with E-state index in [2.05, 4.69) is 11.9 Å². The van der Waals surface area contributed by atoms with Gasteiger partial charge in [0.2, 0.25) is 5.91 Å². The molecule has 0 aromatic heterocycles. The zero-order chi connectivity index (χ0) is 13.1. The Bertz CT molecular complexity index is 215. The van der Waals surface area contributed by atoms with Gasteiger partial charge in [0.05, 0.1) is 0 Å². The van der Waals surface area contributed by atoms with Crippen LogP contribution in [0.1, 0.15) is 72.1 Å². The quantitative estimate of drug-likeness (QED) is 0.474. The summed E-state index contributed by atoms with van der Waals surface area (Å²) in [5.74, 6) is 0.184. The van der Waals surface area contributed by atoms with Crippen molar-refractivity contribution in [3.05, 3.63) is 12.7 Å². The van der Waals surface area contributed by atoms with Crippen LogP contribution in [0.3, 0.4) is 0 Å². The minimum absolute atomic E-state index is 0.0955. The lowest BCUT2D eigenvalue weighted by molar-refractivity contribution is -0.122. The standard InChI is InChI=1S/C15H29NO/c1-5-6-7-8-9-10-11-12-13-14(17)16-15(2,3)4/h5H,1,6-13H2,2-4H3,(H,16,17). The van der Waals surface area contributed by atoms with Gasteiger partial charge in [0.25, 0.3) is 0 Å². The second-order valence-electron chi connectivity index (χ2n) is 5.75. The molecular formula is C15H29NO. The topological polar surface area (TPSA) is 29.1 Å². The average Bonchev–Trinajstić information content (AvgIpc) is 2.19. The molecule has 0 unspecified atom stereocenters. The predicted molar refractivity (Wildman–Crippen MR) is 75.0 cm³/mol. The van der Waals surface area contributed by atoms with E-state index in [1.807, 2.05) is 26.8 Å². The third-order valence-electron chi connectivity index (χ3n) is 2.58. The summed E-state index contributed by atoms with van der Waals surface area (Å²) in [4.78, 5) is 11.5. The number of allylic oxidation sites excluding steroid dienone is 1. The van der Waals surface area contributed by atoms with E-state index in [1.54, 1.807) is 0 Å². The monoisotopic (exact) mass is 239 g/mol. The van der Waals surface area contributed by atoms with E-state index in [0.717, 1.165) is 12.8 Å². The zero-order valence-electron chi connectivity index (χ0n) is 11.8. The van der Waals surface area contributed by atoms with Crippen molar-refractivity contribution in [1.29, 1.82) is 0 Å². The second kappa shape index (κ2) is 9.26. The van der Waals surface area contributed by atoms with Crippen LogP contribution < -0.4 is 5.32 Å². The minimum Gasteiger partial charge on any atom is -0.352 e. The molecule has 0 spiro atoms. The summed E-state index contributed by atoms with van der Waals surface area (Å²) >= 11 is 0. The molecule has 0 atom stereocenters. The Kier molecular flexibility index (Phi) is 8.83. The van der Waals surface area contributed by atoms with Crippen LogP contribution in [0.25, 0.3) is 0 Å². The van der Waals surface area contributed by atoms with E-state index in [-0.39, 0.29) is 11.4 Å². The van der Waals surface area contributed by atoms with Gasteiger partial charge in [-0.25, -0.2) is 0 Å². The van der Waals surface area contributed by atoms with Crippen LogP contribution in [0, 0.1) is 0 Å². The Morgan fingerprint density at radius 3 is 2.12 bits per heavy atom. The number of hydrogen-bond acceptors (Lipinski definition) is 1. The Hall–Kier alpha value is -0.790. The molecular weight excluding hydrogens is 210 g/mol. The molecule has 0 bridgehead atoms. The van der Waals surface area contributed by atoms with Crippen molar-refractivity contribution in [2.75, 3.05) is 0 Å². The molecule has 0 radical (unpaired) electrons. The first kappa shape index (κ1) is 16.2. The first-order valence-corrected chi connectivity index (χ1v) is 6.87. The first-order valence-electron chi connectivity index (χ1n) is 6.87. The van der Waals surface area contributed by atoms with Crippen LogP contribution in [-0.4, -0.2) is 11.4 Å². The number of amides is 1. The molecule has 0 rings (SSSR count). The molecule has 0 saturated heterocycles. The van der Waals surface area contributed by atoms with Crippen LogP contribution in [0.2, 0.25) is 0 Å². The predicted octanol–water partition coefficient (Wildman–Crippen LogP) is 4.21. The summed E-state index contributed by atoms with van der Waals surface area (Å²) in [6.45, 7) is 9.77. The van der Waals surface area contributed by atoms with Crippen molar-refractivity contribution in [3.8, 4) is 0 Å². The third kappa shape index (κ3) is 13.1. The average molecular weight is 239 g/mol. The highest BCUT2D eigenvalue weighted by molar-refractivity contribution is 5.76. The number of nitrogens with one attached hydrogen (secondary N) is 1. The largest absolute Gasteiger partial charge is 0.352 e. The molecule has 2 nitrogen and oxygen atoms in total. The maximum Gasteiger partial charge on any atom is 0.220 e. The van der Waals surface area contributed by atoms with Gasteiger partial charge in [0, 0.05) is 12.0 Å². The maximum atomic E-state index is 11.5. The van der Waals surface area contributed by atoms with Crippen LogP contribution in [0.4, 0.5) is 0 Å². The first-order chi connectivity index (χ1) is 7.95. The van der Waals surface area contributed by atoms with Crippen molar-refractivity contribution in [2.24, 2.45) is 0 Å². The van der Waals surface area contributed by atoms with Crippen molar-refractivity contribution in [2.45, 2.75) is 77.7 Å². The van der Waals surface area contributed by atoms with Crippen molar-refractivity contribution >= 4 is 5.91 Å². The van der Waals surface area contributed by atoms with E-state index in [9.17, 15) is 4.79 Å². The smallest absolute Gasteiger partial charge is 0.220 e. The third-order valence-corrected chi connectivity index (χ3v) is 2.58. The molecule has 0 fully saturated rings. The Labute approximate surface area is 107 Å². The highest BCUT2D eigenvalue weighted by Gasteiger charge is 2.12. The fourth-order valence-corrected chi connectivity index (χ4v) is 1.76. The van der Waals surface area contributed by atoms with Crippen molar-refractivity contribution in [1.82, 2.24) is 5.32 Å². The van der Waals surface area contributed by atoms with Crippen LogP contribution >= 0.6 is 0 Å². The molecule has 17 heavy (non-hydrogen) atoms. The van der Waals surface area contributed by atoms with Gasteiger partial charge in [-0.2, -0.15) is 0 Å². The number of unbranched alkanes of at least 4 members (excludes halogenated alkanes) is 6. The molecule has 0 aromatic carbocycles. The number of hydrogen-bond donors (Lipinski definition) is 1. The van der Waals surface area contributed by atoms with E-state index >= 15 is 0 Å². The Morgan fingerprint density at radius 2 is 1.59 bits per heavy atom. The van der Waals surface area contributed by atoms with Crippen molar-refractivity contribution in [3.63, 3.8) is 0 Å². The molecule has 1 amide bonds. The Morgan fingerprint density at radius 1 is 1.06 bits per heavy atom. The van der Waals surface area contributed by atoms with Gasteiger partial charge in [0.15, 0.2) is 0 Å². The summed E-state index contributed by atoms with van der Waals surface area (Å²) < 4.78 is 0. The highest BCUT2D eigenvalue weighted by Crippen LogP contribution is 2.09. The molecule has 2 heteroatoms. The second-order valence-corrected chi connectivity index (χ2v) is 5.75. The summed E-state index contributed by atoms with van der Waals surface area (Å²) in [5, 5.41) is 2.99. The zero-order valence-corrected chi connectivity index (χ0v) is 11.8. The minimum atomic E-state index is -0.0955. The Balaban J connectivity index is 3.28. The van der Waals surface area contributed by atoms with Gasteiger partial charge in [-0.3, -0.25) is 4.79 Å². The van der Waals surface area contributed by atoms with Crippen molar-refractivity contribution < 1.29 is 4.79 Å². The lowest BCUT2D eigenvalue weighted by Gasteiger charge is -2.20. The molecule has 1 N–H and O–H groups in total. The van der Waals surface area contributed by atoms with Gasteiger partial charge in [-0.05, 0) is 40.0 Å². The molecule has 0 saturated carbocycles. The van der Waals surface area contributed by atoms with E-state index in [1.165, 1.54) is 32.1 Å². The summed E-state index contributed by atoms with van der Waals surface area (Å²) in [7, 11) is 0. The fraction of sp³-hybridized carbons (Fsp3) is 0.800. The van der Waals surface area contributed by atoms with Gasteiger partial charge in [-0.1, -0.05) is 31.8 Å². The number of carbonyl (C=O) groups is 1. The number of carbonyl (C=O) groups excluding carboxylic acids is 1. The van der Waals surface area contributed by atoms with E-state index in [0.29, 0.717) is 6.42 Å². The summed E-state index contributed by atoms with van der Waals surface area (Å²) in [6, 6.07) is 0. The van der Waals surface area contributed by atoms with Crippen LogP contribution in [-0.2, 0) is 4.79 Å². The SMILES string of the molecule is C=CCCCCCCCCC(=O)NC(C)(C)C. The summed E-state index contributed by atoms with van der Waals surface area (Å²) in [5.41, 5.74) is -0.0955. The van der Waals surface area contributed by atoms with E-state index in [4.69, 9.17) is 0 Å². The lowest BCUT2D eigenvalue weighted by Crippen LogP contribution is -2.40. The maximum absolute atomic E-state index is 11.5. The van der Waals surface area contributed by atoms with Crippen LogP contribution in [0.5, 0.6) is 0 Å². The van der Waals surface area contributed by atoms with Gasteiger partial charge in [0.1, 0.15) is 0 Å². The molecule has 100 valence electrons. The molecule has 0 aliphatic carbocycles. The number of rotatable bonds is 9.